The van der Waals surface area contributed by atoms with E-state index in [1.165, 1.54) is 12.8 Å². The zero-order valence-electron chi connectivity index (χ0n) is 13.7. The van der Waals surface area contributed by atoms with Crippen LogP contribution in [0.1, 0.15) is 47.7 Å². The van der Waals surface area contributed by atoms with Crippen LogP contribution in [0.5, 0.6) is 0 Å². The Hall–Kier alpha value is -1.29. The van der Waals surface area contributed by atoms with Crippen molar-refractivity contribution in [3.63, 3.8) is 0 Å². The van der Waals surface area contributed by atoms with Crippen LogP contribution in [0.4, 0.5) is 0 Å². The molecule has 0 unspecified atom stereocenters. The number of nitrogens with one attached hydrogen (secondary N) is 1. The molecule has 6 aliphatic carbocycles. The van der Waals surface area contributed by atoms with Crippen molar-refractivity contribution in [3.8, 4) is 0 Å². The Morgan fingerprint density at radius 2 is 1.96 bits per heavy atom. The van der Waals surface area contributed by atoms with Crippen LogP contribution >= 0.6 is 0 Å². The van der Waals surface area contributed by atoms with Gasteiger partial charge in [-0.2, -0.15) is 0 Å². The molecular formula is C20H23NO3. The predicted molar refractivity (Wildman–Crippen MR) is 85.1 cm³/mol. The smallest absolute Gasteiger partial charge is 0.254 e. The Morgan fingerprint density at radius 3 is 2.79 bits per heavy atom. The van der Waals surface area contributed by atoms with E-state index in [1.807, 2.05) is 0 Å². The zero-order chi connectivity index (χ0) is 15.8. The molecule has 0 aromatic carbocycles. The first-order chi connectivity index (χ1) is 11.7. The quantitative estimate of drug-likeness (QED) is 0.893. The maximum atomic E-state index is 12.7. The summed E-state index contributed by atoms with van der Waals surface area (Å²) < 4.78 is 5.53. The van der Waals surface area contributed by atoms with Crippen molar-refractivity contribution < 1.29 is 14.3 Å². The minimum atomic E-state index is -0.635. The Balaban J connectivity index is 1.16. The molecule has 4 heteroatoms. The molecule has 0 radical (unpaired) electrons. The minimum absolute atomic E-state index is 0.0579. The average Bonchev–Trinajstić information content (AvgIpc) is 2.94. The van der Waals surface area contributed by atoms with Crippen LogP contribution in [0.25, 0.3) is 0 Å². The van der Waals surface area contributed by atoms with Crippen molar-refractivity contribution in [2.75, 3.05) is 6.54 Å². The molecule has 1 amide bonds. The van der Waals surface area contributed by atoms with E-state index in [1.54, 1.807) is 12.3 Å². The number of amides is 1. The normalized spacial score (nSPS) is 54.5. The van der Waals surface area contributed by atoms with E-state index < -0.39 is 5.60 Å². The van der Waals surface area contributed by atoms with E-state index in [4.69, 9.17) is 4.42 Å². The molecule has 0 saturated heterocycles. The summed E-state index contributed by atoms with van der Waals surface area (Å²) in [5.41, 5.74) is 0.0482. The fourth-order valence-corrected chi connectivity index (χ4v) is 8.45. The number of hydrogen-bond donors (Lipinski definition) is 2. The van der Waals surface area contributed by atoms with Gasteiger partial charge in [-0.05, 0) is 79.1 Å². The number of rotatable bonds is 4. The van der Waals surface area contributed by atoms with Gasteiger partial charge in [0.05, 0.1) is 17.4 Å². The lowest BCUT2D eigenvalue weighted by Crippen LogP contribution is -2.59. The van der Waals surface area contributed by atoms with Crippen LogP contribution in [-0.4, -0.2) is 23.2 Å². The lowest BCUT2D eigenvalue weighted by molar-refractivity contribution is -0.126. The molecule has 0 aliphatic heterocycles. The molecule has 6 aliphatic rings. The van der Waals surface area contributed by atoms with E-state index >= 15 is 0 Å². The fraction of sp³-hybridized carbons (Fsp3) is 0.750. The highest BCUT2D eigenvalue weighted by Crippen LogP contribution is 2.85. The van der Waals surface area contributed by atoms with Gasteiger partial charge in [0.25, 0.3) is 5.91 Å². The number of carbonyl (C=O) groups is 1. The molecular weight excluding hydrogens is 302 g/mol. The third-order valence-electron chi connectivity index (χ3n) is 8.94. The van der Waals surface area contributed by atoms with Gasteiger partial charge >= 0.3 is 0 Å². The summed E-state index contributed by atoms with van der Waals surface area (Å²) in [6.45, 7) is 0.440. The molecule has 1 heterocycles. The van der Waals surface area contributed by atoms with Crippen LogP contribution in [0.15, 0.2) is 16.7 Å². The fourth-order valence-electron chi connectivity index (χ4n) is 8.45. The van der Waals surface area contributed by atoms with Gasteiger partial charge in [0.2, 0.25) is 0 Å². The lowest BCUT2D eigenvalue weighted by Gasteiger charge is -2.51. The van der Waals surface area contributed by atoms with E-state index in [0.29, 0.717) is 29.9 Å². The molecule has 4 nitrogen and oxygen atoms in total. The Kier molecular flexibility index (Phi) is 2.04. The Bertz CT molecular complexity index is 761. The van der Waals surface area contributed by atoms with E-state index in [9.17, 15) is 9.90 Å². The van der Waals surface area contributed by atoms with Crippen molar-refractivity contribution in [3.05, 3.63) is 23.7 Å². The SMILES string of the molecule is O=C(NC[C@]1(O)[C@@H]2[C@@H]3C[C@@H]4[C@@H]5[C@H]3C[C@H]2[C@H]5[C@H]41)c1ccoc1C1CC1. The van der Waals surface area contributed by atoms with Crippen molar-refractivity contribution in [2.45, 2.75) is 37.2 Å². The summed E-state index contributed by atoms with van der Waals surface area (Å²) in [5.74, 6) is 7.02. The first-order valence-corrected chi connectivity index (χ1v) is 9.76. The highest BCUT2D eigenvalue weighted by atomic mass is 16.3. The molecule has 2 bridgehead atoms. The molecule has 6 saturated carbocycles. The van der Waals surface area contributed by atoms with Crippen molar-refractivity contribution in [1.29, 1.82) is 0 Å². The summed E-state index contributed by atoms with van der Waals surface area (Å²) in [4.78, 5) is 12.7. The average molecular weight is 325 g/mol. The minimum Gasteiger partial charge on any atom is -0.468 e. The molecule has 126 valence electrons. The third-order valence-corrected chi connectivity index (χ3v) is 8.94. The van der Waals surface area contributed by atoms with E-state index in [2.05, 4.69) is 5.32 Å². The number of fused-ring (bicyclic) bond motifs is 2. The van der Waals surface area contributed by atoms with Gasteiger partial charge in [0, 0.05) is 12.5 Å². The number of carbonyl (C=O) groups excluding carboxylic acids is 1. The van der Waals surface area contributed by atoms with Gasteiger partial charge in [-0.3, -0.25) is 4.79 Å². The zero-order valence-corrected chi connectivity index (χ0v) is 13.7. The summed E-state index contributed by atoms with van der Waals surface area (Å²) in [7, 11) is 0. The Morgan fingerprint density at radius 1 is 1.17 bits per heavy atom. The second-order valence-corrected chi connectivity index (χ2v) is 9.48. The topological polar surface area (TPSA) is 62.5 Å². The molecule has 2 N–H and O–H groups in total. The van der Waals surface area contributed by atoms with Gasteiger partial charge in [-0.15, -0.1) is 0 Å². The molecule has 9 atom stereocenters. The second-order valence-electron chi connectivity index (χ2n) is 9.48. The van der Waals surface area contributed by atoms with Crippen molar-refractivity contribution in [2.24, 2.45) is 47.3 Å². The summed E-state index contributed by atoms with van der Waals surface area (Å²) in [5, 5.41) is 14.7. The molecule has 7 rings (SSSR count). The van der Waals surface area contributed by atoms with Gasteiger partial charge in [-0.25, -0.2) is 0 Å². The van der Waals surface area contributed by atoms with Gasteiger partial charge < -0.3 is 14.8 Å². The standard InChI is InChI=1S/C20H23NO3/c22-19(9-3-4-24-18(9)8-1-2-8)21-7-20(23)16-11-6-12-14-10(11)5-13(16)15(14)17(12)20/h3-4,8,10-17,23H,1-2,5-7H2,(H,21,22)/t10-,11+,12+,13-,14-,15+,16+,17-,20-/m0/s1. The van der Waals surface area contributed by atoms with Gasteiger partial charge in [0.15, 0.2) is 0 Å². The molecule has 1 aromatic heterocycles. The van der Waals surface area contributed by atoms with Crippen molar-refractivity contribution in [1.82, 2.24) is 5.32 Å². The number of furan rings is 1. The van der Waals surface area contributed by atoms with E-state index in [0.717, 1.165) is 54.1 Å². The monoisotopic (exact) mass is 325 g/mol. The maximum Gasteiger partial charge on any atom is 0.254 e. The number of aliphatic hydroxyl groups is 1. The lowest BCUT2D eigenvalue weighted by atomic mass is 9.56. The number of hydrogen-bond acceptors (Lipinski definition) is 3. The maximum absolute atomic E-state index is 12.7. The second kappa shape index (κ2) is 3.77. The third kappa shape index (κ3) is 1.21. The largest absolute Gasteiger partial charge is 0.468 e. The first kappa shape index (κ1) is 13.0. The van der Waals surface area contributed by atoms with E-state index in [-0.39, 0.29) is 5.91 Å². The Labute approximate surface area is 141 Å². The van der Waals surface area contributed by atoms with Crippen LogP contribution < -0.4 is 5.32 Å². The summed E-state index contributed by atoms with van der Waals surface area (Å²) >= 11 is 0. The van der Waals surface area contributed by atoms with Gasteiger partial charge in [0.1, 0.15) is 5.76 Å². The highest BCUT2D eigenvalue weighted by molar-refractivity contribution is 5.95. The molecule has 0 spiro atoms. The summed E-state index contributed by atoms with van der Waals surface area (Å²) in [6, 6.07) is 1.79. The van der Waals surface area contributed by atoms with Gasteiger partial charge in [-0.1, -0.05) is 0 Å². The summed E-state index contributed by atoms with van der Waals surface area (Å²) in [6.07, 6.45) is 6.60. The van der Waals surface area contributed by atoms with Crippen LogP contribution in [0, 0.1) is 47.3 Å². The van der Waals surface area contributed by atoms with Crippen molar-refractivity contribution >= 4 is 5.91 Å². The molecule has 6 fully saturated rings. The first-order valence-electron chi connectivity index (χ1n) is 9.76. The van der Waals surface area contributed by atoms with Crippen LogP contribution in [0.3, 0.4) is 0 Å². The molecule has 24 heavy (non-hydrogen) atoms. The highest BCUT2D eigenvalue weighted by Gasteiger charge is 2.84. The molecule has 1 aromatic rings. The van der Waals surface area contributed by atoms with Crippen LogP contribution in [0.2, 0.25) is 0 Å². The van der Waals surface area contributed by atoms with Crippen LogP contribution in [-0.2, 0) is 0 Å². The predicted octanol–water partition coefficient (Wildman–Crippen LogP) is 2.40.